The second kappa shape index (κ2) is 5.48. The Hall–Kier alpha value is -1.11. The van der Waals surface area contributed by atoms with Crippen LogP contribution in [0.25, 0.3) is 0 Å². The number of Topliss-reactive ketones (excluding diaryl/α,β-unsaturated/α-hetero) is 1. The highest BCUT2D eigenvalue weighted by Gasteiger charge is 2.20. The molecule has 1 fully saturated rings. The Morgan fingerprint density at radius 3 is 2.47 bits per heavy atom. The second-order valence-corrected chi connectivity index (χ2v) is 5.40. The number of ketones is 1. The Morgan fingerprint density at radius 2 is 1.82 bits per heavy atom. The molecule has 0 heterocycles. The zero-order valence-electron chi connectivity index (χ0n) is 11.0. The summed E-state index contributed by atoms with van der Waals surface area (Å²) in [5.74, 6) is 0.790. The summed E-state index contributed by atoms with van der Waals surface area (Å²) in [6.07, 6.45) is 6.65. The van der Waals surface area contributed by atoms with E-state index in [0.29, 0.717) is 18.1 Å². The van der Waals surface area contributed by atoms with Crippen molar-refractivity contribution in [1.29, 1.82) is 0 Å². The van der Waals surface area contributed by atoms with E-state index < -0.39 is 0 Å². The molecular formula is C16H22O. The Morgan fingerprint density at radius 1 is 1.12 bits per heavy atom. The molecule has 1 heteroatoms. The molecule has 0 aliphatic heterocycles. The summed E-state index contributed by atoms with van der Waals surface area (Å²) in [5, 5.41) is 0. The van der Waals surface area contributed by atoms with E-state index in [0.717, 1.165) is 12.8 Å². The quantitative estimate of drug-likeness (QED) is 0.767. The fraction of sp³-hybridized carbons (Fsp3) is 0.562. The van der Waals surface area contributed by atoms with E-state index in [1.54, 1.807) is 0 Å². The van der Waals surface area contributed by atoms with Gasteiger partial charge in [-0.2, -0.15) is 0 Å². The van der Waals surface area contributed by atoms with Gasteiger partial charge in [0, 0.05) is 12.3 Å². The molecule has 0 amide bonds. The number of hydrogen-bond donors (Lipinski definition) is 0. The summed E-state index contributed by atoms with van der Waals surface area (Å²) in [6.45, 7) is 4.23. The van der Waals surface area contributed by atoms with Crippen molar-refractivity contribution in [2.75, 3.05) is 0 Å². The molecule has 2 rings (SSSR count). The molecule has 1 aromatic carbocycles. The lowest BCUT2D eigenvalue weighted by molar-refractivity contribution is -0.123. The maximum atomic E-state index is 12.2. The largest absolute Gasteiger partial charge is 0.299 e. The van der Waals surface area contributed by atoms with Crippen LogP contribution in [0.2, 0.25) is 0 Å². The molecule has 1 nitrogen and oxygen atoms in total. The van der Waals surface area contributed by atoms with Gasteiger partial charge in [0.15, 0.2) is 0 Å². The van der Waals surface area contributed by atoms with Crippen LogP contribution in [-0.4, -0.2) is 5.78 Å². The SMILES string of the molecule is Cc1ccc(CC(=O)C2CCCCC2)cc1C. The molecule has 0 spiro atoms. The van der Waals surface area contributed by atoms with Gasteiger partial charge in [-0.3, -0.25) is 4.79 Å². The van der Waals surface area contributed by atoms with Crippen LogP contribution in [0.3, 0.4) is 0 Å². The lowest BCUT2D eigenvalue weighted by Gasteiger charge is -2.20. The Kier molecular flexibility index (Phi) is 3.98. The number of hydrogen-bond acceptors (Lipinski definition) is 1. The molecule has 0 bridgehead atoms. The second-order valence-electron chi connectivity index (χ2n) is 5.40. The van der Waals surface area contributed by atoms with Gasteiger partial charge in [-0.15, -0.1) is 0 Å². The first kappa shape index (κ1) is 12.3. The highest BCUT2D eigenvalue weighted by atomic mass is 16.1. The molecule has 0 aromatic heterocycles. The molecule has 17 heavy (non-hydrogen) atoms. The smallest absolute Gasteiger partial charge is 0.140 e. The summed E-state index contributed by atoms with van der Waals surface area (Å²) < 4.78 is 0. The van der Waals surface area contributed by atoms with Gasteiger partial charge >= 0.3 is 0 Å². The monoisotopic (exact) mass is 230 g/mol. The molecule has 1 aromatic rings. The van der Waals surface area contributed by atoms with Crippen molar-refractivity contribution in [3.8, 4) is 0 Å². The van der Waals surface area contributed by atoms with E-state index in [9.17, 15) is 4.79 Å². The van der Waals surface area contributed by atoms with Crippen LogP contribution < -0.4 is 0 Å². The topological polar surface area (TPSA) is 17.1 Å². The van der Waals surface area contributed by atoms with Crippen molar-refractivity contribution in [3.63, 3.8) is 0 Å². The van der Waals surface area contributed by atoms with Gasteiger partial charge in [-0.05, 0) is 43.4 Å². The fourth-order valence-corrected chi connectivity index (χ4v) is 2.68. The van der Waals surface area contributed by atoms with Gasteiger partial charge in [-0.1, -0.05) is 37.5 Å². The maximum Gasteiger partial charge on any atom is 0.140 e. The summed E-state index contributed by atoms with van der Waals surface area (Å²) in [7, 11) is 0. The third-order valence-electron chi connectivity index (χ3n) is 4.01. The average Bonchev–Trinajstić information content (AvgIpc) is 2.35. The standard InChI is InChI=1S/C16H22O/c1-12-8-9-14(10-13(12)2)11-16(17)15-6-4-3-5-7-15/h8-10,15H,3-7,11H2,1-2H3. The Labute approximate surface area is 104 Å². The molecule has 0 N–H and O–H groups in total. The van der Waals surface area contributed by atoms with Crippen LogP contribution >= 0.6 is 0 Å². The number of rotatable bonds is 3. The Balaban J connectivity index is 1.99. The molecule has 0 saturated heterocycles. The van der Waals surface area contributed by atoms with Crippen LogP contribution in [0.15, 0.2) is 18.2 Å². The summed E-state index contributed by atoms with van der Waals surface area (Å²) in [4.78, 5) is 12.2. The summed E-state index contributed by atoms with van der Waals surface area (Å²) in [5.41, 5.74) is 3.78. The van der Waals surface area contributed by atoms with Gasteiger partial charge in [0.05, 0.1) is 0 Å². The van der Waals surface area contributed by atoms with Crippen molar-refractivity contribution in [2.24, 2.45) is 5.92 Å². The first-order valence-corrected chi connectivity index (χ1v) is 6.75. The summed E-state index contributed by atoms with van der Waals surface area (Å²) >= 11 is 0. The van der Waals surface area contributed by atoms with E-state index in [4.69, 9.17) is 0 Å². The molecule has 92 valence electrons. The maximum absolute atomic E-state index is 12.2. The van der Waals surface area contributed by atoms with Crippen LogP contribution in [0.4, 0.5) is 0 Å². The molecule has 1 aliphatic carbocycles. The van der Waals surface area contributed by atoms with Crippen molar-refractivity contribution < 1.29 is 4.79 Å². The van der Waals surface area contributed by atoms with Crippen LogP contribution in [-0.2, 0) is 11.2 Å². The predicted molar refractivity (Wildman–Crippen MR) is 71.2 cm³/mol. The molecule has 0 radical (unpaired) electrons. The zero-order valence-corrected chi connectivity index (χ0v) is 11.0. The minimum Gasteiger partial charge on any atom is -0.299 e. The van der Waals surface area contributed by atoms with E-state index in [2.05, 4.69) is 32.0 Å². The first-order chi connectivity index (χ1) is 8.16. The first-order valence-electron chi connectivity index (χ1n) is 6.75. The van der Waals surface area contributed by atoms with Gasteiger partial charge in [0.2, 0.25) is 0 Å². The molecule has 0 atom stereocenters. The van der Waals surface area contributed by atoms with Crippen LogP contribution in [0.1, 0.15) is 48.8 Å². The highest BCUT2D eigenvalue weighted by Crippen LogP contribution is 2.25. The van der Waals surface area contributed by atoms with Crippen molar-refractivity contribution in [1.82, 2.24) is 0 Å². The lowest BCUT2D eigenvalue weighted by atomic mass is 9.84. The van der Waals surface area contributed by atoms with Crippen LogP contribution in [0.5, 0.6) is 0 Å². The van der Waals surface area contributed by atoms with Gasteiger partial charge < -0.3 is 0 Å². The minimum atomic E-state index is 0.338. The zero-order chi connectivity index (χ0) is 12.3. The Bertz CT molecular complexity index is 400. The fourth-order valence-electron chi connectivity index (χ4n) is 2.68. The van der Waals surface area contributed by atoms with E-state index in [1.165, 1.54) is 36.0 Å². The van der Waals surface area contributed by atoms with E-state index in [1.807, 2.05) is 0 Å². The molecular weight excluding hydrogens is 208 g/mol. The van der Waals surface area contributed by atoms with Crippen molar-refractivity contribution >= 4 is 5.78 Å². The molecule has 0 unspecified atom stereocenters. The normalized spacial score (nSPS) is 17.1. The van der Waals surface area contributed by atoms with Crippen LogP contribution in [0, 0.1) is 19.8 Å². The number of carbonyl (C=O) groups is 1. The third-order valence-corrected chi connectivity index (χ3v) is 4.01. The lowest BCUT2D eigenvalue weighted by Crippen LogP contribution is -2.19. The van der Waals surface area contributed by atoms with E-state index >= 15 is 0 Å². The summed E-state index contributed by atoms with van der Waals surface area (Å²) in [6, 6.07) is 6.39. The number of aryl methyl sites for hydroxylation is 2. The number of benzene rings is 1. The third kappa shape index (κ3) is 3.18. The van der Waals surface area contributed by atoms with Gasteiger partial charge in [0.25, 0.3) is 0 Å². The predicted octanol–water partition coefficient (Wildman–Crippen LogP) is 4.00. The van der Waals surface area contributed by atoms with Crippen molar-refractivity contribution in [3.05, 3.63) is 34.9 Å². The minimum absolute atomic E-state index is 0.338. The van der Waals surface area contributed by atoms with E-state index in [-0.39, 0.29) is 0 Å². The van der Waals surface area contributed by atoms with Gasteiger partial charge in [0.1, 0.15) is 5.78 Å². The van der Waals surface area contributed by atoms with Gasteiger partial charge in [-0.25, -0.2) is 0 Å². The molecule has 1 saturated carbocycles. The van der Waals surface area contributed by atoms with Crippen molar-refractivity contribution in [2.45, 2.75) is 52.4 Å². The number of carbonyl (C=O) groups excluding carboxylic acids is 1. The highest BCUT2D eigenvalue weighted by molar-refractivity contribution is 5.83. The molecule has 1 aliphatic rings. The average molecular weight is 230 g/mol.